The maximum atomic E-state index is 13.7. The van der Waals surface area contributed by atoms with E-state index in [2.05, 4.69) is 5.16 Å². The second-order valence-corrected chi connectivity index (χ2v) is 6.01. The van der Waals surface area contributed by atoms with Gasteiger partial charge in [-0.1, -0.05) is 11.6 Å². The SMILES string of the molecule is CN1CCC(c2cc(=O)[nH]o2)CC1c1cc(F)c(Cl)c(F)c1. The van der Waals surface area contributed by atoms with Crippen LogP contribution in [0.2, 0.25) is 5.02 Å². The van der Waals surface area contributed by atoms with Crippen LogP contribution < -0.4 is 5.56 Å². The smallest absolute Gasteiger partial charge is 0.280 e. The number of likely N-dealkylation sites (tertiary alicyclic amines) is 1. The van der Waals surface area contributed by atoms with Crippen molar-refractivity contribution in [3.8, 4) is 0 Å². The molecular weight excluding hydrogens is 314 g/mol. The second-order valence-electron chi connectivity index (χ2n) is 5.63. The summed E-state index contributed by atoms with van der Waals surface area (Å²) in [7, 11) is 1.90. The summed E-state index contributed by atoms with van der Waals surface area (Å²) >= 11 is 5.53. The second kappa shape index (κ2) is 5.85. The van der Waals surface area contributed by atoms with E-state index in [9.17, 15) is 13.6 Å². The van der Waals surface area contributed by atoms with Crippen LogP contribution in [0.4, 0.5) is 8.78 Å². The van der Waals surface area contributed by atoms with Crippen molar-refractivity contribution in [2.45, 2.75) is 24.8 Å². The Hall–Kier alpha value is -1.66. The third kappa shape index (κ3) is 2.80. The van der Waals surface area contributed by atoms with Crippen molar-refractivity contribution in [2.24, 2.45) is 0 Å². The molecular formula is C15H15ClF2N2O2. The van der Waals surface area contributed by atoms with Crippen molar-refractivity contribution in [3.63, 3.8) is 0 Å². The van der Waals surface area contributed by atoms with Gasteiger partial charge in [0.2, 0.25) is 0 Å². The molecule has 2 heterocycles. The summed E-state index contributed by atoms with van der Waals surface area (Å²) < 4.78 is 32.5. The maximum absolute atomic E-state index is 13.7. The van der Waals surface area contributed by atoms with Crippen LogP contribution in [0.5, 0.6) is 0 Å². The highest BCUT2D eigenvalue weighted by Crippen LogP contribution is 2.39. The Morgan fingerprint density at radius 1 is 1.32 bits per heavy atom. The van der Waals surface area contributed by atoms with E-state index in [0.717, 1.165) is 13.0 Å². The third-order valence-corrected chi connectivity index (χ3v) is 4.57. The molecule has 2 aromatic rings. The average molecular weight is 329 g/mol. The normalized spacial score (nSPS) is 22.9. The minimum atomic E-state index is -0.764. The van der Waals surface area contributed by atoms with E-state index in [1.165, 1.54) is 18.2 Å². The van der Waals surface area contributed by atoms with E-state index < -0.39 is 16.7 Å². The summed E-state index contributed by atoms with van der Waals surface area (Å²) in [5.41, 5.74) is 0.249. The molecule has 3 rings (SSSR count). The fraction of sp³-hybridized carbons (Fsp3) is 0.400. The molecule has 7 heteroatoms. The molecule has 0 bridgehead atoms. The van der Waals surface area contributed by atoms with Gasteiger partial charge in [-0.15, -0.1) is 0 Å². The summed E-state index contributed by atoms with van der Waals surface area (Å²) in [4.78, 5) is 13.2. The van der Waals surface area contributed by atoms with Crippen molar-refractivity contribution in [2.75, 3.05) is 13.6 Å². The lowest BCUT2D eigenvalue weighted by molar-refractivity contribution is 0.157. The molecule has 1 N–H and O–H groups in total. The predicted molar refractivity (Wildman–Crippen MR) is 78.0 cm³/mol. The number of aromatic nitrogens is 1. The van der Waals surface area contributed by atoms with E-state index in [0.29, 0.717) is 17.7 Å². The van der Waals surface area contributed by atoms with Crippen LogP contribution in [0, 0.1) is 11.6 Å². The van der Waals surface area contributed by atoms with E-state index in [1.807, 2.05) is 11.9 Å². The summed E-state index contributed by atoms with van der Waals surface area (Å²) in [6, 6.07) is 3.79. The topological polar surface area (TPSA) is 49.2 Å². The fourth-order valence-electron chi connectivity index (χ4n) is 3.00. The Kier molecular flexibility index (Phi) is 4.06. The number of hydrogen-bond acceptors (Lipinski definition) is 3. The first kappa shape index (κ1) is 15.2. The van der Waals surface area contributed by atoms with Gasteiger partial charge in [0.05, 0.1) is 0 Å². The lowest BCUT2D eigenvalue weighted by Crippen LogP contribution is -2.33. The number of piperidine rings is 1. The van der Waals surface area contributed by atoms with Crippen LogP contribution in [-0.2, 0) is 0 Å². The Morgan fingerprint density at radius 3 is 2.59 bits per heavy atom. The van der Waals surface area contributed by atoms with Crippen LogP contribution in [0.25, 0.3) is 0 Å². The Morgan fingerprint density at radius 2 is 2.00 bits per heavy atom. The van der Waals surface area contributed by atoms with E-state index in [4.69, 9.17) is 16.1 Å². The zero-order chi connectivity index (χ0) is 15.9. The highest BCUT2D eigenvalue weighted by molar-refractivity contribution is 6.30. The minimum Gasteiger partial charge on any atom is -0.383 e. The minimum absolute atomic E-state index is 0.0296. The van der Waals surface area contributed by atoms with Crippen LogP contribution >= 0.6 is 11.6 Å². The zero-order valence-electron chi connectivity index (χ0n) is 11.9. The quantitative estimate of drug-likeness (QED) is 0.859. The summed E-state index contributed by atoms with van der Waals surface area (Å²) in [5, 5.41) is 1.79. The molecule has 0 aliphatic carbocycles. The van der Waals surface area contributed by atoms with Gasteiger partial charge in [0, 0.05) is 18.0 Å². The van der Waals surface area contributed by atoms with Crippen LogP contribution in [-0.4, -0.2) is 23.6 Å². The zero-order valence-corrected chi connectivity index (χ0v) is 12.7. The monoisotopic (exact) mass is 328 g/mol. The highest BCUT2D eigenvalue weighted by atomic mass is 35.5. The van der Waals surface area contributed by atoms with Gasteiger partial charge >= 0.3 is 0 Å². The first-order valence-electron chi connectivity index (χ1n) is 6.99. The molecule has 2 atom stereocenters. The van der Waals surface area contributed by atoms with Gasteiger partial charge < -0.3 is 4.52 Å². The van der Waals surface area contributed by atoms with Crippen LogP contribution in [0.1, 0.15) is 36.1 Å². The van der Waals surface area contributed by atoms with Gasteiger partial charge in [-0.05, 0) is 44.1 Å². The van der Waals surface area contributed by atoms with Crippen LogP contribution in [0.15, 0.2) is 27.5 Å². The number of aromatic amines is 1. The van der Waals surface area contributed by atoms with Crippen molar-refractivity contribution in [1.82, 2.24) is 10.1 Å². The molecule has 1 aliphatic rings. The molecule has 1 aromatic carbocycles. The summed E-state index contributed by atoms with van der Waals surface area (Å²) in [6.45, 7) is 0.732. The Bertz CT molecular complexity index is 720. The molecule has 4 nitrogen and oxygen atoms in total. The third-order valence-electron chi connectivity index (χ3n) is 4.21. The van der Waals surface area contributed by atoms with Gasteiger partial charge in [0.25, 0.3) is 5.56 Å². The molecule has 0 spiro atoms. The highest BCUT2D eigenvalue weighted by Gasteiger charge is 2.31. The maximum Gasteiger partial charge on any atom is 0.280 e. The van der Waals surface area contributed by atoms with Crippen molar-refractivity contribution < 1.29 is 13.3 Å². The number of hydrogen-bond donors (Lipinski definition) is 1. The van der Waals surface area contributed by atoms with Crippen molar-refractivity contribution >= 4 is 11.6 Å². The molecule has 0 saturated carbocycles. The summed E-state index contributed by atoms with van der Waals surface area (Å²) in [5.74, 6) is -0.916. The number of benzene rings is 1. The standard InChI is InChI=1S/C15H15ClF2N2O2/c1-20-3-2-8(13-7-14(21)19-22-13)6-12(20)9-4-10(17)15(16)11(18)5-9/h4-5,7-8,12H,2-3,6H2,1H3,(H,19,21). The van der Waals surface area contributed by atoms with Crippen molar-refractivity contribution in [1.29, 1.82) is 0 Å². The average Bonchev–Trinajstić information content (AvgIpc) is 2.91. The molecule has 1 aliphatic heterocycles. The van der Waals surface area contributed by atoms with E-state index in [1.54, 1.807) is 0 Å². The molecule has 0 radical (unpaired) electrons. The van der Waals surface area contributed by atoms with E-state index in [-0.39, 0.29) is 17.5 Å². The predicted octanol–water partition coefficient (Wildman–Crippen LogP) is 3.45. The number of halogens is 3. The molecule has 22 heavy (non-hydrogen) atoms. The number of nitrogens with zero attached hydrogens (tertiary/aromatic N) is 1. The largest absolute Gasteiger partial charge is 0.383 e. The molecule has 1 saturated heterocycles. The lowest BCUT2D eigenvalue weighted by Gasteiger charge is -2.36. The van der Waals surface area contributed by atoms with Gasteiger partial charge in [0.15, 0.2) is 0 Å². The molecule has 0 amide bonds. The Labute approximate surface area is 130 Å². The fourth-order valence-corrected chi connectivity index (χ4v) is 3.11. The first-order valence-corrected chi connectivity index (χ1v) is 7.36. The number of H-pyrrole nitrogens is 1. The van der Waals surface area contributed by atoms with Gasteiger partial charge in [0.1, 0.15) is 22.4 Å². The number of nitrogens with one attached hydrogen (secondary N) is 1. The first-order chi connectivity index (χ1) is 10.5. The summed E-state index contributed by atoms with van der Waals surface area (Å²) in [6.07, 6.45) is 1.42. The van der Waals surface area contributed by atoms with Crippen LogP contribution in [0.3, 0.4) is 0 Å². The van der Waals surface area contributed by atoms with Gasteiger partial charge in [-0.2, -0.15) is 5.16 Å². The molecule has 1 aromatic heterocycles. The number of rotatable bonds is 2. The Balaban J connectivity index is 1.90. The van der Waals surface area contributed by atoms with Crippen molar-refractivity contribution in [3.05, 3.63) is 56.5 Å². The van der Waals surface area contributed by atoms with E-state index >= 15 is 0 Å². The lowest BCUT2D eigenvalue weighted by atomic mass is 9.86. The molecule has 1 fully saturated rings. The molecule has 2 unspecified atom stereocenters. The van der Waals surface area contributed by atoms with Gasteiger partial charge in [-0.25, -0.2) is 8.78 Å². The van der Waals surface area contributed by atoms with Gasteiger partial charge in [-0.3, -0.25) is 9.69 Å². The molecule has 118 valence electrons.